The summed E-state index contributed by atoms with van der Waals surface area (Å²) in [6.45, 7) is 3.84. The lowest BCUT2D eigenvalue weighted by Crippen LogP contribution is -2.41. The highest BCUT2D eigenvalue weighted by atomic mass is 32.1. The summed E-state index contributed by atoms with van der Waals surface area (Å²) in [6, 6.07) is 12.0. The predicted molar refractivity (Wildman–Crippen MR) is 116 cm³/mol. The molecule has 0 spiro atoms. The number of thiophene rings is 2. The van der Waals surface area contributed by atoms with E-state index in [-0.39, 0.29) is 5.91 Å². The van der Waals surface area contributed by atoms with Gasteiger partial charge in [-0.15, -0.1) is 22.7 Å². The number of benzene rings is 1. The smallest absolute Gasteiger partial charge is 0.241 e. The zero-order valence-corrected chi connectivity index (χ0v) is 17.6. The summed E-state index contributed by atoms with van der Waals surface area (Å²) in [5.74, 6) is 1.55. The molecule has 0 saturated carbocycles. The molecule has 0 bridgehead atoms. The summed E-state index contributed by atoms with van der Waals surface area (Å²) in [5, 5.41) is 4.19. The van der Waals surface area contributed by atoms with Crippen LogP contribution in [0.2, 0.25) is 0 Å². The quantitative estimate of drug-likeness (QED) is 0.614. The van der Waals surface area contributed by atoms with Crippen molar-refractivity contribution in [2.75, 3.05) is 31.2 Å². The van der Waals surface area contributed by atoms with Crippen LogP contribution in [0.15, 0.2) is 47.2 Å². The summed E-state index contributed by atoms with van der Waals surface area (Å²) < 4.78 is 11.4. The van der Waals surface area contributed by atoms with Crippen LogP contribution in [0.4, 0.5) is 5.69 Å². The van der Waals surface area contributed by atoms with Gasteiger partial charge in [-0.05, 0) is 47.0 Å². The molecule has 1 amide bonds. The molecule has 0 unspecified atom stereocenters. The first-order chi connectivity index (χ1) is 14.3. The lowest BCUT2D eigenvalue weighted by molar-refractivity contribution is -0.120. The van der Waals surface area contributed by atoms with Gasteiger partial charge in [0.15, 0.2) is 11.5 Å². The number of carbonyl (C=O) groups excluding carboxylic acids is 1. The highest BCUT2D eigenvalue weighted by Crippen LogP contribution is 2.35. The average molecular weight is 427 g/mol. The summed E-state index contributed by atoms with van der Waals surface area (Å²) in [6.07, 6.45) is 1.02. The molecule has 150 valence electrons. The number of carbonyl (C=O) groups is 1. The van der Waals surface area contributed by atoms with E-state index in [9.17, 15) is 4.79 Å². The van der Waals surface area contributed by atoms with Gasteiger partial charge in [-0.1, -0.05) is 6.07 Å². The van der Waals surface area contributed by atoms with Crippen LogP contribution in [0.1, 0.15) is 15.3 Å². The molecule has 5 nitrogen and oxygen atoms in total. The summed E-state index contributed by atoms with van der Waals surface area (Å²) >= 11 is 3.49. The van der Waals surface area contributed by atoms with E-state index in [1.165, 1.54) is 10.4 Å². The van der Waals surface area contributed by atoms with E-state index in [1.807, 2.05) is 45.9 Å². The minimum atomic E-state index is 0.105. The number of fused-ring (bicyclic) bond motifs is 2. The van der Waals surface area contributed by atoms with Gasteiger partial charge in [0, 0.05) is 34.6 Å². The van der Waals surface area contributed by atoms with Crippen LogP contribution in [0.3, 0.4) is 0 Å². The van der Waals surface area contributed by atoms with Crippen LogP contribution in [0, 0.1) is 0 Å². The fourth-order valence-corrected chi connectivity index (χ4v) is 5.38. The highest BCUT2D eigenvalue weighted by molar-refractivity contribution is 7.10. The maximum atomic E-state index is 13.4. The maximum Gasteiger partial charge on any atom is 0.241 e. The number of rotatable bonds is 5. The Morgan fingerprint density at radius 2 is 1.97 bits per heavy atom. The molecule has 1 aromatic carbocycles. The van der Waals surface area contributed by atoms with Gasteiger partial charge in [0.1, 0.15) is 13.2 Å². The van der Waals surface area contributed by atoms with E-state index in [4.69, 9.17) is 9.47 Å². The van der Waals surface area contributed by atoms with Crippen molar-refractivity contribution in [3.05, 3.63) is 62.5 Å². The fourth-order valence-electron chi connectivity index (χ4n) is 3.80. The molecule has 0 fully saturated rings. The van der Waals surface area contributed by atoms with E-state index in [0.717, 1.165) is 35.8 Å². The second-order valence-electron chi connectivity index (χ2n) is 7.22. The molecule has 2 aliphatic rings. The molecule has 0 saturated heterocycles. The third-order valence-electron chi connectivity index (χ3n) is 5.28. The monoisotopic (exact) mass is 426 g/mol. The molecule has 3 aromatic rings. The normalized spacial score (nSPS) is 15.7. The second kappa shape index (κ2) is 8.18. The van der Waals surface area contributed by atoms with Crippen molar-refractivity contribution in [1.29, 1.82) is 0 Å². The first kappa shape index (κ1) is 18.7. The van der Waals surface area contributed by atoms with Crippen LogP contribution in [-0.2, 0) is 24.3 Å². The Morgan fingerprint density at radius 3 is 2.83 bits per heavy atom. The molecule has 0 aliphatic carbocycles. The number of nitrogens with zero attached hydrogens (tertiary/aromatic N) is 2. The molecule has 2 aliphatic heterocycles. The maximum absolute atomic E-state index is 13.4. The third-order valence-corrected chi connectivity index (χ3v) is 7.16. The van der Waals surface area contributed by atoms with Crippen LogP contribution in [0.5, 0.6) is 11.5 Å². The van der Waals surface area contributed by atoms with Crippen LogP contribution >= 0.6 is 22.7 Å². The minimum Gasteiger partial charge on any atom is -0.486 e. The van der Waals surface area contributed by atoms with E-state index >= 15 is 0 Å². The van der Waals surface area contributed by atoms with Gasteiger partial charge >= 0.3 is 0 Å². The largest absolute Gasteiger partial charge is 0.486 e. The van der Waals surface area contributed by atoms with Crippen molar-refractivity contribution >= 4 is 34.3 Å². The molecule has 29 heavy (non-hydrogen) atoms. The standard InChI is InChI=1S/C22H22N2O3S2/c25-22(15-23-7-5-21-16(13-23)6-11-29-21)24(14-18-2-1-10-28-18)17-3-4-19-20(12-17)27-9-8-26-19/h1-4,6,10-12H,5,7-9,13-15H2. The van der Waals surface area contributed by atoms with Gasteiger partial charge in [-0.2, -0.15) is 0 Å². The number of ether oxygens (including phenoxy) is 2. The number of amides is 1. The van der Waals surface area contributed by atoms with Gasteiger partial charge in [0.05, 0.1) is 13.1 Å². The van der Waals surface area contributed by atoms with Gasteiger partial charge in [-0.3, -0.25) is 9.69 Å². The van der Waals surface area contributed by atoms with Gasteiger partial charge in [-0.25, -0.2) is 0 Å². The lowest BCUT2D eigenvalue weighted by atomic mass is 10.1. The third kappa shape index (κ3) is 4.03. The number of hydrogen-bond acceptors (Lipinski definition) is 6. The van der Waals surface area contributed by atoms with Crippen LogP contribution in [-0.4, -0.2) is 37.1 Å². The van der Waals surface area contributed by atoms with E-state index in [1.54, 1.807) is 11.3 Å². The van der Waals surface area contributed by atoms with Gasteiger partial charge in [0.25, 0.3) is 0 Å². The Hall–Kier alpha value is -2.35. The molecule has 5 rings (SSSR count). The molecular formula is C22H22N2O3S2. The molecule has 0 atom stereocenters. The zero-order valence-electron chi connectivity index (χ0n) is 16.0. The first-order valence-corrected chi connectivity index (χ1v) is 11.5. The number of hydrogen-bond donors (Lipinski definition) is 0. The Morgan fingerprint density at radius 1 is 1.07 bits per heavy atom. The summed E-state index contributed by atoms with van der Waals surface area (Å²) in [4.78, 5) is 20.1. The van der Waals surface area contributed by atoms with Crippen molar-refractivity contribution < 1.29 is 14.3 Å². The average Bonchev–Trinajstić information content (AvgIpc) is 3.43. The Balaban J connectivity index is 1.37. The van der Waals surface area contributed by atoms with E-state index in [2.05, 4.69) is 22.4 Å². The van der Waals surface area contributed by atoms with Crippen molar-refractivity contribution in [2.24, 2.45) is 0 Å². The van der Waals surface area contributed by atoms with Crippen molar-refractivity contribution in [3.63, 3.8) is 0 Å². The molecule has 0 radical (unpaired) electrons. The summed E-state index contributed by atoms with van der Waals surface area (Å²) in [7, 11) is 0. The fraction of sp³-hybridized carbons (Fsp3) is 0.318. The Kier molecular flexibility index (Phi) is 5.26. The number of anilines is 1. The van der Waals surface area contributed by atoms with Crippen molar-refractivity contribution in [1.82, 2.24) is 4.90 Å². The van der Waals surface area contributed by atoms with Gasteiger partial charge in [0.2, 0.25) is 5.91 Å². The van der Waals surface area contributed by atoms with E-state index < -0.39 is 0 Å². The molecule has 4 heterocycles. The van der Waals surface area contributed by atoms with Crippen LogP contribution in [0.25, 0.3) is 0 Å². The van der Waals surface area contributed by atoms with Gasteiger partial charge < -0.3 is 14.4 Å². The minimum absolute atomic E-state index is 0.105. The molecule has 0 N–H and O–H groups in total. The first-order valence-electron chi connectivity index (χ1n) is 9.76. The van der Waals surface area contributed by atoms with Crippen molar-refractivity contribution in [3.8, 4) is 11.5 Å². The zero-order chi connectivity index (χ0) is 19.6. The predicted octanol–water partition coefficient (Wildman–Crippen LogP) is 4.17. The Bertz CT molecular complexity index is 999. The molecule has 2 aromatic heterocycles. The Labute approximate surface area is 178 Å². The molecule has 7 heteroatoms. The highest BCUT2D eigenvalue weighted by Gasteiger charge is 2.24. The summed E-state index contributed by atoms with van der Waals surface area (Å²) in [5.41, 5.74) is 2.21. The SMILES string of the molecule is O=C(CN1CCc2sccc2C1)N(Cc1cccs1)c1ccc2c(c1)OCCO2. The van der Waals surface area contributed by atoms with E-state index in [0.29, 0.717) is 32.1 Å². The van der Waals surface area contributed by atoms with Crippen molar-refractivity contribution in [2.45, 2.75) is 19.5 Å². The second-order valence-corrected chi connectivity index (χ2v) is 9.25. The molecular weight excluding hydrogens is 404 g/mol. The lowest BCUT2D eigenvalue weighted by Gasteiger charge is -2.30. The van der Waals surface area contributed by atoms with Crippen LogP contribution < -0.4 is 14.4 Å². The topological polar surface area (TPSA) is 42.0 Å².